The molecule has 2 N–H and O–H groups in total. The Balaban J connectivity index is 1.87. The Morgan fingerprint density at radius 2 is 2.00 bits per heavy atom. The van der Waals surface area contributed by atoms with Crippen molar-refractivity contribution in [1.82, 2.24) is 5.32 Å². The molecule has 1 aromatic rings. The maximum absolute atomic E-state index is 12.1. The number of anilines is 1. The molecule has 4 heteroatoms. The molecule has 1 amide bonds. The van der Waals surface area contributed by atoms with Gasteiger partial charge in [0, 0.05) is 31.9 Å². The first-order valence-corrected chi connectivity index (χ1v) is 7.30. The van der Waals surface area contributed by atoms with Gasteiger partial charge in [0.15, 0.2) is 0 Å². The normalized spacial score (nSPS) is 22.4. The third-order valence-electron chi connectivity index (χ3n) is 3.99. The van der Waals surface area contributed by atoms with E-state index in [4.69, 9.17) is 0 Å². The summed E-state index contributed by atoms with van der Waals surface area (Å²) in [7, 11) is 3.93. The maximum atomic E-state index is 12.1. The predicted octanol–water partition coefficient (Wildman–Crippen LogP) is 2.03. The number of carbonyl (C=O) groups excluding carboxylic acids is 1. The monoisotopic (exact) mass is 276 g/mol. The third-order valence-corrected chi connectivity index (χ3v) is 3.99. The van der Waals surface area contributed by atoms with Crippen molar-refractivity contribution in [2.24, 2.45) is 5.92 Å². The van der Waals surface area contributed by atoms with Gasteiger partial charge in [0.05, 0.1) is 6.10 Å². The van der Waals surface area contributed by atoms with E-state index in [0.29, 0.717) is 18.0 Å². The van der Waals surface area contributed by atoms with Crippen LogP contribution in [0.4, 0.5) is 5.69 Å². The molecule has 1 fully saturated rings. The van der Waals surface area contributed by atoms with Crippen LogP contribution in [0.3, 0.4) is 0 Å². The fraction of sp³-hybridized carbons (Fsp3) is 0.562. The number of hydrogen-bond acceptors (Lipinski definition) is 3. The van der Waals surface area contributed by atoms with E-state index < -0.39 is 0 Å². The summed E-state index contributed by atoms with van der Waals surface area (Å²) >= 11 is 0. The second kappa shape index (κ2) is 6.75. The summed E-state index contributed by atoms with van der Waals surface area (Å²) < 4.78 is 0. The van der Waals surface area contributed by atoms with Crippen LogP contribution in [0, 0.1) is 5.92 Å². The molecule has 1 aliphatic carbocycles. The molecule has 1 aromatic carbocycles. The van der Waals surface area contributed by atoms with Crippen molar-refractivity contribution < 1.29 is 9.90 Å². The smallest absolute Gasteiger partial charge is 0.251 e. The van der Waals surface area contributed by atoms with Crippen LogP contribution in [0.2, 0.25) is 0 Å². The number of nitrogens with zero attached hydrogens (tertiary/aromatic N) is 1. The maximum Gasteiger partial charge on any atom is 0.251 e. The molecular weight excluding hydrogens is 252 g/mol. The van der Waals surface area contributed by atoms with Gasteiger partial charge in [-0.3, -0.25) is 4.79 Å². The fourth-order valence-corrected chi connectivity index (χ4v) is 2.61. The lowest BCUT2D eigenvalue weighted by molar-refractivity contribution is 0.0910. The van der Waals surface area contributed by atoms with Crippen LogP contribution in [0.5, 0.6) is 0 Å². The van der Waals surface area contributed by atoms with Crippen LogP contribution in [0.25, 0.3) is 0 Å². The summed E-state index contributed by atoms with van der Waals surface area (Å²) in [5.41, 5.74) is 1.73. The molecular formula is C16H24N2O2. The van der Waals surface area contributed by atoms with Gasteiger partial charge in [0.25, 0.3) is 5.91 Å². The van der Waals surface area contributed by atoms with Gasteiger partial charge in [-0.25, -0.2) is 0 Å². The number of nitrogens with one attached hydrogen (secondary N) is 1. The van der Waals surface area contributed by atoms with Crippen LogP contribution in [0.1, 0.15) is 36.0 Å². The van der Waals surface area contributed by atoms with Crippen molar-refractivity contribution >= 4 is 11.6 Å². The molecule has 0 spiro atoms. The van der Waals surface area contributed by atoms with Gasteiger partial charge in [-0.2, -0.15) is 0 Å². The minimum absolute atomic E-state index is 0.0141. The van der Waals surface area contributed by atoms with E-state index in [1.54, 1.807) is 0 Å². The van der Waals surface area contributed by atoms with E-state index in [0.717, 1.165) is 31.4 Å². The van der Waals surface area contributed by atoms with Gasteiger partial charge in [0.1, 0.15) is 0 Å². The number of rotatable bonds is 4. The van der Waals surface area contributed by atoms with Gasteiger partial charge < -0.3 is 15.3 Å². The Kier molecular flexibility index (Phi) is 5.01. The van der Waals surface area contributed by atoms with Gasteiger partial charge in [0.2, 0.25) is 0 Å². The van der Waals surface area contributed by atoms with Crippen molar-refractivity contribution in [2.75, 3.05) is 25.5 Å². The number of hydrogen-bond donors (Lipinski definition) is 2. The molecule has 0 saturated heterocycles. The van der Waals surface area contributed by atoms with Crippen molar-refractivity contribution in [1.29, 1.82) is 0 Å². The topological polar surface area (TPSA) is 52.6 Å². The number of amides is 1. The second-order valence-corrected chi connectivity index (χ2v) is 5.83. The van der Waals surface area contributed by atoms with E-state index >= 15 is 0 Å². The largest absolute Gasteiger partial charge is 0.393 e. The first-order chi connectivity index (χ1) is 9.56. The summed E-state index contributed by atoms with van der Waals surface area (Å²) in [5, 5.41) is 12.5. The zero-order chi connectivity index (χ0) is 14.5. The van der Waals surface area contributed by atoms with Gasteiger partial charge in [-0.1, -0.05) is 6.07 Å². The van der Waals surface area contributed by atoms with Crippen molar-refractivity contribution in [3.8, 4) is 0 Å². The summed E-state index contributed by atoms with van der Waals surface area (Å²) in [6.45, 7) is 0.706. The molecule has 0 unspecified atom stereocenters. The lowest BCUT2D eigenvalue weighted by atomic mass is 9.87. The van der Waals surface area contributed by atoms with Crippen LogP contribution in [0.15, 0.2) is 24.3 Å². The molecule has 4 nitrogen and oxygen atoms in total. The van der Waals surface area contributed by atoms with E-state index in [2.05, 4.69) is 5.32 Å². The highest BCUT2D eigenvalue weighted by molar-refractivity contribution is 5.95. The van der Waals surface area contributed by atoms with E-state index in [1.165, 1.54) is 0 Å². The minimum Gasteiger partial charge on any atom is -0.393 e. The molecule has 20 heavy (non-hydrogen) atoms. The van der Waals surface area contributed by atoms with Crippen LogP contribution >= 0.6 is 0 Å². The quantitative estimate of drug-likeness (QED) is 0.885. The lowest BCUT2D eigenvalue weighted by Gasteiger charge is -2.25. The zero-order valence-corrected chi connectivity index (χ0v) is 12.3. The molecule has 2 rings (SSSR count). The number of aliphatic hydroxyl groups excluding tert-OH is 1. The number of benzene rings is 1. The van der Waals surface area contributed by atoms with E-state index in [9.17, 15) is 9.90 Å². The average molecular weight is 276 g/mol. The standard InChI is InChI=1S/C16H24N2O2/c1-18(2)14-5-3-4-13(10-14)16(20)17-11-12-6-8-15(19)9-7-12/h3-5,10,12,15,19H,6-9,11H2,1-2H3,(H,17,20). The molecule has 110 valence electrons. The highest BCUT2D eigenvalue weighted by Gasteiger charge is 2.19. The van der Waals surface area contributed by atoms with Gasteiger partial charge in [-0.05, 0) is 49.8 Å². The van der Waals surface area contributed by atoms with Crippen LogP contribution < -0.4 is 10.2 Å². The van der Waals surface area contributed by atoms with Gasteiger partial charge in [-0.15, -0.1) is 0 Å². The minimum atomic E-state index is -0.140. The first-order valence-electron chi connectivity index (χ1n) is 7.30. The Hall–Kier alpha value is -1.55. The average Bonchev–Trinajstić information content (AvgIpc) is 2.46. The highest BCUT2D eigenvalue weighted by atomic mass is 16.3. The Bertz CT molecular complexity index is 452. The first kappa shape index (κ1) is 14.9. The molecule has 0 radical (unpaired) electrons. The fourth-order valence-electron chi connectivity index (χ4n) is 2.61. The van der Waals surface area contributed by atoms with Crippen LogP contribution in [-0.4, -0.2) is 37.8 Å². The molecule has 1 aliphatic rings. The molecule has 0 aromatic heterocycles. The van der Waals surface area contributed by atoms with Crippen molar-refractivity contribution in [3.63, 3.8) is 0 Å². The van der Waals surface area contributed by atoms with Crippen molar-refractivity contribution in [3.05, 3.63) is 29.8 Å². The summed E-state index contributed by atoms with van der Waals surface area (Å²) in [6, 6.07) is 7.63. The number of aliphatic hydroxyl groups is 1. The number of carbonyl (C=O) groups is 1. The summed E-state index contributed by atoms with van der Waals surface area (Å²) in [6.07, 6.45) is 3.57. The van der Waals surface area contributed by atoms with Crippen LogP contribution in [-0.2, 0) is 0 Å². The zero-order valence-electron chi connectivity index (χ0n) is 12.3. The SMILES string of the molecule is CN(C)c1cccc(C(=O)NCC2CCC(O)CC2)c1. The van der Waals surface area contributed by atoms with E-state index in [-0.39, 0.29) is 12.0 Å². The summed E-state index contributed by atoms with van der Waals surface area (Å²) in [5.74, 6) is 0.485. The lowest BCUT2D eigenvalue weighted by Crippen LogP contribution is -2.32. The second-order valence-electron chi connectivity index (χ2n) is 5.83. The third kappa shape index (κ3) is 3.97. The van der Waals surface area contributed by atoms with E-state index in [1.807, 2.05) is 43.3 Å². The Labute approximate surface area is 120 Å². The molecule has 0 bridgehead atoms. The molecule has 0 atom stereocenters. The van der Waals surface area contributed by atoms with Gasteiger partial charge >= 0.3 is 0 Å². The molecule has 0 heterocycles. The molecule has 0 aliphatic heterocycles. The summed E-state index contributed by atoms with van der Waals surface area (Å²) in [4.78, 5) is 14.1. The highest BCUT2D eigenvalue weighted by Crippen LogP contribution is 2.23. The predicted molar refractivity (Wildman–Crippen MR) is 81.1 cm³/mol. The van der Waals surface area contributed by atoms with Crippen molar-refractivity contribution in [2.45, 2.75) is 31.8 Å². The molecule has 1 saturated carbocycles. The Morgan fingerprint density at radius 3 is 2.65 bits per heavy atom. The Morgan fingerprint density at radius 1 is 1.30 bits per heavy atom.